The van der Waals surface area contributed by atoms with Gasteiger partial charge in [0.1, 0.15) is 0 Å². The van der Waals surface area contributed by atoms with Crippen LogP contribution in [-0.2, 0) is 0 Å². The summed E-state index contributed by atoms with van der Waals surface area (Å²) in [5, 5.41) is 10.2. The van der Waals surface area contributed by atoms with E-state index in [0.29, 0.717) is 16.6 Å². The lowest BCUT2D eigenvalue weighted by atomic mass is 9.97. The van der Waals surface area contributed by atoms with E-state index in [1.165, 1.54) is 0 Å². The molecule has 1 fully saturated rings. The van der Waals surface area contributed by atoms with Gasteiger partial charge in [-0.05, 0) is 32.4 Å². The molecule has 0 spiro atoms. The summed E-state index contributed by atoms with van der Waals surface area (Å²) in [6.45, 7) is 4.96. The predicted molar refractivity (Wildman–Crippen MR) is 71.6 cm³/mol. The highest BCUT2D eigenvalue weighted by molar-refractivity contribution is 6.43. The van der Waals surface area contributed by atoms with E-state index >= 15 is 0 Å². The van der Waals surface area contributed by atoms with Crippen molar-refractivity contribution in [3.05, 3.63) is 28.2 Å². The fourth-order valence-electron chi connectivity index (χ4n) is 2.46. The van der Waals surface area contributed by atoms with Crippen molar-refractivity contribution in [1.29, 1.82) is 5.26 Å². The van der Waals surface area contributed by atoms with E-state index < -0.39 is 0 Å². The number of anilines is 1. The molecule has 1 heterocycles. The summed E-state index contributed by atoms with van der Waals surface area (Å²) in [4.78, 5) is 2.18. The van der Waals surface area contributed by atoms with Crippen molar-refractivity contribution in [3.8, 4) is 6.07 Å². The molecule has 0 aliphatic carbocycles. The minimum absolute atomic E-state index is 0.0556. The second-order valence-electron chi connectivity index (χ2n) is 5.03. The van der Waals surface area contributed by atoms with Crippen molar-refractivity contribution in [2.24, 2.45) is 5.92 Å². The average Bonchev–Trinajstić information content (AvgIpc) is 2.58. The quantitative estimate of drug-likeness (QED) is 0.766. The van der Waals surface area contributed by atoms with Gasteiger partial charge < -0.3 is 4.90 Å². The zero-order chi connectivity index (χ0) is 12.6. The van der Waals surface area contributed by atoms with E-state index in [2.05, 4.69) is 24.8 Å². The molecule has 0 N–H and O–H groups in total. The molecular weight excluding hydrogens is 255 g/mol. The van der Waals surface area contributed by atoms with E-state index in [-0.39, 0.29) is 11.5 Å². The van der Waals surface area contributed by atoms with Crippen molar-refractivity contribution >= 4 is 28.9 Å². The Morgan fingerprint density at radius 1 is 1.41 bits per heavy atom. The molecule has 0 saturated carbocycles. The van der Waals surface area contributed by atoms with Crippen molar-refractivity contribution in [2.45, 2.75) is 25.8 Å². The predicted octanol–water partition coefficient (Wildman–Crippen LogP) is 4.12. The molecule has 1 saturated heterocycles. The van der Waals surface area contributed by atoms with Gasteiger partial charge in [-0.1, -0.05) is 29.3 Å². The zero-order valence-corrected chi connectivity index (χ0v) is 11.4. The van der Waals surface area contributed by atoms with Crippen LogP contribution in [0.5, 0.6) is 0 Å². The van der Waals surface area contributed by atoms with Crippen LogP contribution >= 0.6 is 23.2 Å². The minimum Gasteiger partial charge on any atom is -0.364 e. The van der Waals surface area contributed by atoms with Gasteiger partial charge in [0.05, 0.1) is 27.7 Å². The van der Waals surface area contributed by atoms with Crippen LogP contribution in [0, 0.1) is 17.2 Å². The molecule has 0 radical (unpaired) electrons. The molecule has 1 aliphatic rings. The molecule has 1 atom stereocenters. The molecular formula is C13H14Cl2N2. The van der Waals surface area contributed by atoms with Gasteiger partial charge in [-0.3, -0.25) is 0 Å². The molecule has 4 heteroatoms. The average molecular weight is 269 g/mol. The summed E-state index contributed by atoms with van der Waals surface area (Å²) in [5.41, 5.74) is 0.858. The first-order chi connectivity index (χ1) is 7.95. The van der Waals surface area contributed by atoms with Gasteiger partial charge in [0.15, 0.2) is 0 Å². The second-order valence-corrected chi connectivity index (χ2v) is 5.81. The first kappa shape index (κ1) is 12.5. The number of hydrogen-bond acceptors (Lipinski definition) is 2. The maximum atomic E-state index is 9.05. The van der Waals surface area contributed by atoms with Crippen LogP contribution in [0.15, 0.2) is 18.2 Å². The van der Waals surface area contributed by atoms with E-state index in [1.807, 2.05) is 12.1 Å². The molecule has 1 unspecified atom stereocenters. The first-order valence-corrected chi connectivity index (χ1v) is 6.32. The molecule has 1 aliphatic heterocycles. The van der Waals surface area contributed by atoms with E-state index in [0.717, 1.165) is 12.1 Å². The van der Waals surface area contributed by atoms with Gasteiger partial charge in [0, 0.05) is 12.1 Å². The highest BCUT2D eigenvalue weighted by Gasteiger charge is 2.39. The van der Waals surface area contributed by atoms with Crippen LogP contribution in [0.4, 0.5) is 5.69 Å². The monoisotopic (exact) mass is 268 g/mol. The molecule has 90 valence electrons. The Balaban J connectivity index is 2.41. The summed E-state index contributed by atoms with van der Waals surface area (Å²) in [6.07, 6.45) is 0.854. The lowest BCUT2D eigenvalue weighted by Crippen LogP contribution is -2.38. The third kappa shape index (κ3) is 2.22. The summed E-state index contributed by atoms with van der Waals surface area (Å²) < 4.78 is 0. The van der Waals surface area contributed by atoms with Crippen LogP contribution in [0.3, 0.4) is 0 Å². The van der Waals surface area contributed by atoms with Crippen LogP contribution in [0.2, 0.25) is 10.0 Å². The van der Waals surface area contributed by atoms with Crippen LogP contribution in [-0.4, -0.2) is 12.1 Å². The third-order valence-corrected chi connectivity index (χ3v) is 4.09. The Morgan fingerprint density at radius 2 is 2.12 bits per heavy atom. The Morgan fingerprint density at radius 3 is 2.71 bits per heavy atom. The maximum absolute atomic E-state index is 9.05. The van der Waals surface area contributed by atoms with Crippen LogP contribution in [0.25, 0.3) is 0 Å². The van der Waals surface area contributed by atoms with Gasteiger partial charge >= 0.3 is 0 Å². The number of halogens is 2. The maximum Gasteiger partial charge on any atom is 0.0825 e. The Kier molecular flexibility index (Phi) is 3.25. The largest absolute Gasteiger partial charge is 0.364 e. The number of benzene rings is 1. The number of rotatable bonds is 1. The first-order valence-electron chi connectivity index (χ1n) is 5.57. The molecule has 0 bridgehead atoms. The van der Waals surface area contributed by atoms with E-state index in [4.69, 9.17) is 28.5 Å². The highest BCUT2D eigenvalue weighted by atomic mass is 35.5. The van der Waals surface area contributed by atoms with E-state index in [9.17, 15) is 0 Å². The van der Waals surface area contributed by atoms with E-state index in [1.54, 1.807) is 6.07 Å². The van der Waals surface area contributed by atoms with Crippen molar-refractivity contribution < 1.29 is 0 Å². The lowest BCUT2D eigenvalue weighted by Gasteiger charge is -2.34. The fourth-order valence-corrected chi connectivity index (χ4v) is 2.85. The van der Waals surface area contributed by atoms with Crippen LogP contribution in [0.1, 0.15) is 20.3 Å². The Hall–Kier alpha value is -0.910. The number of nitriles is 1. The minimum atomic E-state index is -0.0608. The summed E-state index contributed by atoms with van der Waals surface area (Å²) in [7, 11) is 0. The van der Waals surface area contributed by atoms with Gasteiger partial charge in [-0.15, -0.1) is 0 Å². The molecule has 1 aromatic rings. The molecule has 2 rings (SSSR count). The number of hydrogen-bond donors (Lipinski definition) is 0. The van der Waals surface area contributed by atoms with Crippen molar-refractivity contribution in [2.75, 3.05) is 11.4 Å². The van der Waals surface area contributed by atoms with Gasteiger partial charge in [0.2, 0.25) is 0 Å². The van der Waals surface area contributed by atoms with Gasteiger partial charge in [-0.2, -0.15) is 5.26 Å². The smallest absolute Gasteiger partial charge is 0.0825 e. The van der Waals surface area contributed by atoms with Crippen LogP contribution < -0.4 is 4.90 Å². The lowest BCUT2D eigenvalue weighted by molar-refractivity contribution is 0.503. The highest BCUT2D eigenvalue weighted by Crippen LogP contribution is 2.41. The molecule has 0 aromatic heterocycles. The number of nitrogens with zero attached hydrogens (tertiary/aromatic N) is 2. The summed E-state index contributed by atoms with van der Waals surface area (Å²) in [6, 6.07) is 7.95. The summed E-state index contributed by atoms with van der Waals surface area (Å²) >= 11 is 12.3. The van der Waals surface area contributed by atoms with Gasteiger partial charge in [0.25, 0.3) is 0 Å². The molecule has 0 amide bonds. The Bertz CT molecular complexity index is 477. The summed E-state index contributed by atoms with van der Waals surface area (Å²) in [5.74, 6) is 0.0556. The fraction of sp³-hybridized carbons (Fsp3) is 0.462. The normalized spacial score (nSPS) is 22.5. The topological polar surface area (TPSA) is 27.0 Å². The molecule has 1 aromatic carbocycles. The molecule has 2 nitrogen and oxygen atoms in total. The Labute approximate surface area is 112 Å². The molecule has 17 heavy (non-hydrogen) atoms. The second kappa shape index (κ2) is 4.40. The third-order valence-electron chi connectivity index (χ3n) is 3.28. The SMILES string of the molecule is CC1(C)CC(C#N)CN1c1cccc(Cl)c1Cl. The van der Waals surface area contributed by atoms with Crippen molar-refractivity contribution in [3.63, 3.8) is 0 Å². The van der Waals surface area contributed by atoms with Crippen molar-refractivity contribution in [1.82, 2.24) is 0 Å². The van der Waals surface area contributed by atoms with Gasteiger partial charge in [-0.25, -0.2) is 0 Å². The standard InChI is InChI=1S/C13H14Cl2N2/c1-13(2)6-9(7-16)8-17(13)11-5-3-4-10(14)12(11)15/h3-5,9H,6,8H2,1-2H3. The zero-order valence-electron chi connectivity index (χ0n) is 9.87.